The molecule has 118 valence electrons. The van der Waals surface area contributed by atoms with Crippen molar-refractivity contribution in [3.05, 3.63) is 48.3 Å². The molecule has 1 amide bonds. The van der Waals surface area contributed by atoms with Gasteiger partial charge in [0.1, 0.15) is 0 Å². The molecule has 1 atom stereocenters. The number of nitrogens with one attached hydrogen (secondary N) is 1. The van der Waals surface area contributed by atoms with Gasteiger partial charge < -0.3 is 5.32 Å². The number of nitrogens with zero attached hydrogens (tertiary/aromatic N) is 2. The summed E-state index contributed by atoms with van der Waals surface area (Å²) in [6.07, 6.45) is 3.69. The third-order valence-corrected chi connectivity index (χ3v) is 4.60. The predicted octanol–water partition coefficient (Wildman–Crippen LogP) is 3.27. The Hall–Kier alpha value is -1.75. The summed E-state index contributed by atoms with van der Waals surface area (Å²) in [6, 6.07) is 10.4. The van der Waals surface area contributed by atoms with E-state index in [9.17, 15) is 4.79 Å². The summed E-state index contributed by atoms with van der Waals surface area (Å²) in [7, 11) is 0. The highest BCUT2D eigenvalue weighted by Crippen LogP contribution is 2.15. The molecule has 22 heavy (non-hydrogen) atoms. The van der Waals surface area contributed by atoms with Crippen molar-refractivity contribution < 1.29 is 4.79 Å². The van der Waals surface area contributed by atoms with Crippen LogP contribution in [0.4, 0.5) is 0 Å². The van der Waals surface area contributed by atoms with Gasteiger partial charge in [-0.2, -0.15) is 5.10 Å². The van der Waals surface area contributed by atoms with E-state index in [1.54, 1.807) is 18.0 Å². The molecule has 4 nitrogen and oxygen atoms in total. The maximum absolute atomic E-state index is 11.8. The standard InChI is InChI=1S/C17H23N3OS/c1-13(2)14(3)19-17(21)12-22-11-15-5-7-16(8-6-15)20-10-4-9-18-20/h4-10,13-14H,11-12H2,1-3H3,(H,19,21)/t14-/m1/s1. The summed E-state index contributed by atoms with van der Waals surface area (Å²) in [5, 5.41) is 7.22. The van der Waals surface area contributed by atoms with Crippen LogP contribution in [0.1, 0.15) is 26.3 Å². The van der Waals surface area contributed by atoms with E-state index >= 15 is 0 Å². The number of hydrogen-bond acceptors (Lipinski definition) is 3. The molecule has 0 radical (unpaired) electrons. The fourth-order valence-electron chi connectivity index (χ4n) is 1.89. The van der Waals surface area contributed by atoms with Crippen LogP contribution < -0.4 is 5.32 Å². The first-order valence-corrected chi connectivity index (χ1v) is 8.68. The number of rotatable bonds is 7. The van der Waals surface area contributed by atoms with Gasteiger partial charge in [0.2, 0.25) is 5.91 Å². The molecular weight excluding hydrogens is 294 g/mol. The zero-order chi connectivity index (χ0) is 15.9. The normalized spacial score (nSPS) is 12.4. The molecule has 2 aromatic rings. The van der Waals surface area contributed by atoms with Crippen molar-refractivity contribution in [1.82, 2.24) is 15.1 Å². The Morgan fingerprint density at radius 2 is 2.00 bits per heavy atom. The van der Waals surface area contributed by atoms with Gasteiger partial charge in [-0.1, -0.05) is 26.0 Å². The van der Waals surface area contributed by atoms with Crippen LogP contribution in [-0.2, 0) is 10.5 Å². The van der Waals surface area contributed by atoms with Crippen molar-refractivity contribution >= 4 is 17.7 Å². The second-order valence-electron chi connectivity index (χ2n) is 5.71. The van der Waals surface area contributed by atoms with Crippen LogP contribution in [-0.4, -0.2) is 27.5 Å². The summed E-state index contributed by atoms with van der Waals surface area (Å²) in [5.74, 6) is 1.91. The maximum Gasteiger partial charge on any atom is 0.230 e. The predicted molar refractivity (Wildman–Crippen MR) is 92.2 cm³/mol. The molecule has 1 N–H and O–H groups in total. The smallest absolute Gasteiger partial charge is 0.230 e. The van der Waals surface area contributed by atoms with Gasteiger partial charge in [-0.25, -0.2) is 4.68 Å². The van der Waals surface area contributed by atoms with E-state index in [0.717, 1.165) is 11.4 Å². The Labute approximate surface area is 136 Å². The van der Waals surface area contributed by atoms with Crippen LogP contribution in [0.2, 0.25) is 0 Å². The average Bonchev–Trinajstić information content (AvgIpc) is 3.02. The molecule has 0 spiro atoms. The Kier molecular flexibility index (Phi) is 6.07. The molecule has 1 aromatic carbocycles. The quantitative estimate of drug-likeness (QED) is 0.852. The second kappa shape index (κ2) is 8.03. The SMILES string of the molecule is CC(C)[C@@H](C)NC(=O)CSCc1ccc(-n2cccn2)cc1. The van der Waals surface area contributed by atoms with Gasteiger partial charge in [-0.05, 0) is 36.6 Å². The van der Waals surface area contributed by atoms with Crippen molar-refractivity contribution in [3.8, 4) is 5.69 Å². The van der Waals surface area contributed by atoms with Crippen molar-refractivity contribution in [3.63, 3.8) is 0 Å². The first-order chi connectivity index (χ1) is 10.6. The Bertz CT molecular complexity index is 578. The van der Waals surface area contributed by atoms with Gasteiger partial charge >= 0.3 is 0 Å². The van der Waals surface area contributed by atoms with Crippen LogP contribution in [0.5, 0.6) is 0 Å². The molecule has 5 heteroatoms. The number of thioether (sulfide) groups is 1. The highest BCUT2D eigenvalue weighted by Gasteiger charge is 2.10. The van der Waals surface area contributed by atoms with Gasteiger partial charge in [-0.3, -0.25) is 4.79 Å². The maximum atomic E-state index is 11.8. The minimum absolute atomic E-state index is 0.111. The van der Waals surface area contributed by atoms with E-state index in [1.165, 1.54) is 5.56 Å². The van der Waals surface area contributed by atoms with Crippen molar-refractivity contribution in [1.29, 1.82) is 0 Å². The summed E-state index contributed by atoms with van der Waals surface area (Å²) < 4.78 is 1.83. The highest BCUT2D eigenvalue weighted by molar-refractivity contribution is 7.99. The molecule has 0 aliphatic carbocycles. The molecule has 0 saturated carbocycles. The van der Waals surface area contributed by atoms with Gasteiger partial charge in [0.25, 0.3) is 0 Å². The van der Waals surface area contributed by atoms with Crippen LogP contribution in [0.3, 0.4) is 0 Å². The van der Waals surface area contributed by atoms with E-state index in [4.69, 9.17) is 0 Å². The Balaban J connectivity index is 1.76. The topological polar surface area (TPSA) is 46.9 Å². The van der Waals surface area contributed by atoms with Gasteiger partial charge in [-0.15, -0.1) is 11.8 Å². The summed E-state index contributed by atoms with van der Waals surface area (Å²) >= 11 is 1.64. The lowest BCUT2D eigenvalue weighted by atomic mass is 10.1. The van der Waals surface area contributed by atoms with Crippen molar-refractivity contribution in [2.45, 2.75) is 32.6 Å². The van der Waals surface area contributed by atoms with Gasteiger partial charge in [0.05, 0.1) is 11.4 Å². The minimum atomic E-state index is 0.111. The second-order valence-corrected chi connectivity index (χ2v) is 6.70. The van der Waals surface area contributed by atoms with Crippen molar-refractivity contribution in [2.24, 2.45) is 5.92 Å². The van der Waals surface area contributed by atoms with Crippen molar-refractivity contribution in [2.75, 3.05) is 5.75 Å². The number of aromatic nitrogens is 2. The lowest BCUT2D eigenvalue weighted by Gasteiger charge is -2.17. The van der Waals surface area contributed by atoms with E-state index in [0.29, 0.717) is 11.7 Å². The fraction of sp³-hybridized carbons (Fsp3) is 0.412. The molecule has 0 aliphatic rings. The summed E-state index contributed by atoms with van der Waals surface area (Å²) in [5.41, 5.74) is 2.26. The number of carbonyl (C=O) groups is 1. The number of carbonyl (C=O) groups excluding carboxylic acids is 1. The largest absolute Gasteiger partial charge is 0.353 e. The molecule has 1 aromatic heterocycles. The molecule has 0 unspecified atom stereocenters. The zero-order valence-electron chi connectivity index (χ0n) is 13.3. The molecule has 0 bridgehead atoms. The Morgan fingerprint density at radius 1 is 1.27 bits per heavy atom. The minimum Gasteiger partial charge on any atom is -0.353 e. The third-order valence-electron chi connectivity index (χ3n) is 3.60. The zero-order valence-corrected chi connectivity index (χ0v) is 14.1. The van der Waals surface area contributed by atoms with Crippen LogP contribution >= 0.6 is 11.8 Å². The highest BCUT2D eigenvalue weighted by atomic mass is 32.2. The number of amides is 1. The van der Waals surface area contributed by atoms with Gasteiger partial charge in [0.15, 0.2) is 0 Å². The van der Waals surface area contributed by atoms with E-state index < -0.39 is 0 Å². The van der Waals surface area contributed by atoms with E-state index in [1.807, 2.05) is 36.0 Å². The fourth-order valence-corrected chi connectivity index (χ4v) is 2.69. The molecule has 2 rings (SSSR count). The van der Waals surface area contributed by atoms with E-state index in [2.05, 4.69) is 36.4 Å². The first-order valence-electron chi connectivity index (χ1n) is 7.52. The summed E-state index contributed by atoms with van der Waals surface area (Å²) in [4.78, 5) is 11.8. The molecule has 0 aliphatic heterocycles. The summed E-state index contributed by atoms with van der Waals surface area (Å²) in [6.45, 7) is 6.26. The van der Waals surface area contributed by atoms with Gasteiger partial charge in [0, 0.05) is 24.2 Å². The first kappa shape index (κ1) is 16.6. The Morgan fingerprint density at radius 3 is 2.59 bits per heavy atom. The van der Waals surface area contributed by atoms with Crippen LogP contribution in [0, 0.1) is 5.92 Å². The molecule has 0 saturated heterocycles. The van der Waals surface area contributed by atoms with E-state index in [-0.39, 0.29) is 11.9 Å². The molecule has 0 fully saturated rings. The lowest BCUT2D eigenvalue weighted by molar-refractivity contribution is -0.119. The number of hydrogen-bond donors (Lipinski definition) is 1. The average molecular weight is 317 g/mol. The number of benzene rings is 1. The third kappa shape index (κ3) is 4.91. The lowest BCUT2D eigenvalue weighted by Crippen LogP contribution is -2.37. The van der Waals surface area contributed by atoms with Crippen LogP contribution in [0.15, 0.2) is 42.7 Å². The molecule has 1 heterocycles. The monoisotopic (exact) mass is 317 g/mol. The molecular formula is C17H23N3OS. The van der Waals surface area contributed by atoms with Crippen LogP contribution in [0.25, 0.3) is 5.69 Å².